The Hall–Kier alpha value is -1.30. The van der Waals surface area contributed by atoms with Crippen LogP contribution in [0.1, 0.15) is 39.5 Å². The van der Waals surface area contributed by atoms with Crippen molar-refractivity contribution < 1.29 is 19.8 Å². The van der Waals surface area contributed by atoms with Crippen LogP contribution in [0.25, 0.3) is 0 Å². The summed E-state index contributed by atoms with van der Waals surface area (Å²) in [4.78, 5) is 24.0. The summed E-state index contributed by atoms with van der Waals surface area (Å²) >= 11 is 0. The molecular formula is C13H24N2O4. The molecule has 0 aromatic carbocycles. The van der Waals surface area contributed by atoms with Crippen molar-refractivity contribution in [2.75, 3.05) is 13.1 Å². The third-order valence-electron chi connectivity index (χ3n) is 3.31. The van der Waals surface area contributed by atoms with Crippen molar-refractivity contribution in [1.82, 2.24) is 10.2 Å². The second-order valence-corrected chi connectivity index (χ2v) is 5.52. The molecule has 19 heavy (non-hydrogen) atoms. The Balaban J connectivity index is 2.30. The van der Waals surface area contributed by atoms with Gasteiger partial charge in [-0.25, -0.2) is 9.59 Å². The van der Waals surface area contributed by atoms with Gasteiger partial charge in [-0.05, 0) is 12.3 Å². The zero-order chi connectivity index (χ0) is 14.4. The van der Waals surface area contributed by atoms with Crippen molar-refractivity contribution in [3.63, 3.8) is 0 Å². The number of likely N-dealkylation sites (tertiary alicyclic amines) is 1. The largest absolute Gasteiger partial charge is 0.480 e. The van der Waals surface area contributed by atoms with E-state index in [0.29, 0.717) is 12.5 Å². The highest BCUT2D eigenvalue weighted by molar-refractivity contribution is 5.83. The first-order chi connectivity index (χ1) is 8.91. The molecule has 6 nitrogen and oxygen atoms in total. The summed E-state index contributed by atoms with van der Waals surface area (Å²) in [7, 11) is 0. The maximum Gasteiger partial charge on any atom is 0.326 e. The van der Waals surface area contributed by atoms with Gasteiger partial charge in [-0.3, -0.25) is 0 Å². The molecule has 0 radical (unpaired) electrons. The van der Waals surface area contributed by atoms with E-state index in [4.69, 9.17) is 5.11 Å². The van der Waals surface area contributed by atoms with E-state index in [1.54, 1.807) is 0 Å². The number of amides is 2. The lowest BCUT2D eigenvalue weighted by molar-refractivity contribution is -0.141. The van der Waals surface area contributed by atoms with Crippen LogP contribution in [0.4, 0.5) is 4.79 Å². The molecule has 0 aromatic rings. The predicted molar refractivity (Wildman–Crippen MR) is 70.8 cm³/mol. The van der Waals surface area contributed by atoms with Crippen LogP contribution in [0.5, 0.6) is 0 Å². The summed E-state index contributed by atoms with van der Waals surface area (Å²) in [5.74, 6) is -0.410. The molecule has 6 heteroatoms. The highest BCUT2D eigenvalue weighted by atomic mass is 16.4. The quantitative estimate of drug-likeness (QED) is 0.630. The number of hydrogen-bond donors (Lipinski definition) is 3. The number of rotatable bonds is 6. The fourth-order valence-corrected chi connectivity index (χ4v) is 2.25. The van der Waals surface area contributed by atoms with Gasteiger partial charge < -0.3 is 20.4 Å². The number of aliphatic carboxylic acids is 1. The smallest absolute Gasteiger partial charge is 0.326 e. The average Bonchev–Trinajstić information content (AvgIpc) is 2.70. The third-order valence-corrected chi connectivity index (χ3v) is 3.31. The van der Waals surface area contributed by atoms with E-state index in [1.807, 2.05) is 0 Å². The number of hydrogen-bond acceptors (Lipinski definition) is 3. The van der Waals surface area contributed by atoms with Crippen molar-refractivity contribution in [3.05, 3.63) is 0 Å². The van der Waals surface area contributed by atoms with E-state index in [1.165, 1.54) is 4.90 Å². The van der Waals surface area contributed by atoms with E-state index >= 15 is 0 Å². The van der Waals surface area contributed by atoms with Crippen LogP contribution in [0.2, 0.25) is 0 Å². The SMILES string of the molecule is CC(C)CCCCNC(=O)N1C[C@@H](O)C[C@H]1C(=O)O. The predicted octanol–water partition coefficient (Wildman–Crippen LogP) is 1.04. The summed E-state index contributed by atoms with van der Waals surface area (Å²) in [6.45, 7) is 4.95. The molecule has 1 aliphatic rings. The first kappa shape index (κ1) is 15.8. The molecule has 0 spiro atoms. The van der Waals surface area contributed by atoms with Crippen molar-refractivity contribution in [2.24, 2.45) is 5.92 Å². The molecule has 1 heterocycles. The average molecular weight is 272 g/mol. The number of urea groups is 1. The lowest BCUT2D eigenvalue weighted by atomic mass is 10.1. The van der Waals surface area contributed by atoms with Gasteiger partial charge in [-0.15, -0.1) is 0 Å². The van der Waals surface area contributed by atoms with Gasteiger partial charge in [0.05, 0.1) is 6.10 Å². The summed E-state index contributed by atoms with van der Waals surface area (Å²) in [5.41, 5.74) is 0. The minimum Gasteiger partial charge on any atom is -0.480 e. The summed E-state index contributed by atoms with van der Waals surface area (Å²) in [6.07, 6.45) is 2.42. The van der Waals surface area contributed by atoms with Crippen LogP contribution in [0.3, 0.4) is 0 Å². The second kappa shape index (κ2) is 7.33. The van der Waals surface area contributed by atoms with Crippen LogP contribution in [-0.2, 0) is 4.79 Å². The van der Waals surface area contributed by atoms with Crippen LogP contribution >= 0.6 is 0 Å². The van der Waals surface area contributed by atoms with Gasteiger partial charge in [-0.1, -0.05) is 26.7 Å². The molecule has 0 saturated carbocycles. The lowest BCUT2D eigenvalue weighted by Gasteiger charge is -2.21. The Morgan fingerprint density at radius 3 is 2.63 bits per heavy atom. The molecule has 0 unspecified atom stereocenters. The Morgan fingerprint density at radius 2 is 2.05 bits per heavy atom. The Labute approximate surface area is 113 Å². The minimum atomic E-state index is -1.06. The highest BCUT2D eigenvalue weighted by Crippen LogP contribution is 2.18. The zero-order valence-electron chi connectivity index (χ0n) is 11.6. The molecule has 0 aliphatic carbocycles. The zero-order valence-corrected chi connectivity index (χ0v) is 11.6. The van der Waals surface area contributed by atoms with Gasteiger partial charge in [-0.2, -0.15) is 0 Å². The molecular weight excluding hydrogens is 248 g/mol. The van der Waals surface area contributed by atoms with Crippen LogP contribution in [-0.4, -0.2) is 52.3 Å². The standard InChI is InChI=1S/C13H24N2O4/c1-9(2)5-3-4-6-14-13(19)15-8-10(16)7-11(15)12(17)18/h9-11,16H,3-8H2,1-2H3,(H,14,19)(H,17,18)/t10-,11-/m0/s1. The minimum absolute atomic E-state index is 0.0921. The van der Waals surface area contributed by atoms with E-state index in [-0.39, 0.29) is 13.0 Å². The summed E-state index contributed by atoms with van der Waals surface area (Å²) in [6, 6.07) is -1.31. The molecule has 0 bridgehead atoms. The molecule has 1 fully saturated rings. The number of aliphatic hydroxyl groups excluding tert-OH is 1. The molecule has 110 valence electrons. The van der Waals surface area contributed by atoms with Crippen molar-refractivity contribution >= 4 is 12.0 Å². The number of unbranched alkanes of at least 4 members (excludes halogenated alkanes) is 1. The number of aliphatic hydroxyl groups is 1. The number of carbonyl (C=O) groups is 2. The number of carboxylic acids is 1. The van der Waals surface area contributed by atoms with Crippen molar-refractivity contribution in [2.45, 2.75) is 51.7 Å². The number of carboxylic acid groups (broad SMARTS) is 1. The number of carbonyl (C=O) groups excluding carboxylic acids is 1. The van der Waals surface area contributed by atoms with E-state index in [9.17, 15) is 14.7 Å². The third kappa shape index (κ3) is 5.06. The van der Waals surface area contributed by atoms with Crippen LogP contribution in [0, 0.1) is 5.92 Å². The molecule has 1 saturated heterocycles. The van der Waals surface area contributed by atoms with Gasteiger partial charge in [0.25, 0.3) is 0 Å². The molecule has 0 aromatic heterocycles. The van der Waals surface area contributed by atoms with E-state index < -0.39 is 24.1 Å². The van der Waals surface area contributed by atoms with Crippen LogP contribution in [0.15, 0.2) is 0 Å². The van der Waals surface area contributed by atoms with Crippen LogP contribution < -0.4 is 5.32 Å². The van der Waals surface area contributed by atoms with Gasteiger partial charge in [0.2, 0.25) is 0 Å². The molecule has 2 atom stereocenters. The Morgan fingerprint density at radius 1 is 1.37 bits per heavy atom. The molecule has 1 rings (SSSR count). The second-order valence-electron chi connectivity index (χ2n) is 5.52. The fraction of sp³-hybridized carbons (Fsp3) is 0.846. The van der Waals surface area contributed by atoms with Gasteiger partial charge >= 0.3 is 12.0 Å². The number of nitrogens with zero attached hydrogens (tertiary/aromatic N) is 1. The molecule has 2 amide bonds. The van der Waals surface area contributed by atoms with E-state index in [2.05, 4.69) is 19.2 Å². The summed E-state index contributed by atoms with van der Waals surface area (Å²) in [5, 5.41) is 21.2. The normalized spacial score (nSPS) is 22.8. The number of β-amino-alcohol motifs (C(OH)–C–C–N with tert-alkyl or cyclic N) is 1. The Bertz CT molecular complexity index is 320. The maximum atomic E-state index is 11.8. The highest BCUT2D eigenvalue weighted by Gasteiger charge is 2.38. The summed E-state index contributed by atoms with van der Waals surface area (Å²) < 4.78 is 0. The first-order valence-corrected chi connectivity index (χ1v) is 6.87. The monoisotopic (exact) mass is 272 g/mol. The fourth-order valence-electron chi connectivity index (χ4n) is 2.25. The Kier molecular flexibility index (Phi) is 6.08. The lowest BCUT2D eigenvalue weighted by Crippen LogP contribution is -2.46. The van der Waals surface area contributed by atoms with Crippen molar-refractivity contribution in [1.29, 1.82) is 0 Å². The topological polar surface area (TPSA) is 89.9 Å². The van der Waals surface area contributed by atoms with Crippen molar-refractivity contribution in [3.8, 4) is 0 Å². The first-order valence-electron chi connectivity index (χ1n) is 6.87. The number of nitrogens with one attached hydrogen (secondary N) is 1. The van der Waals surface area contributed by atoms with Gasteiger partial charge in [0.1, 0.15) is 6.04 Å². The van der Waals surface area contributed by atoms with Gasteiger partial charge in [0, 0.05) is 19.5 Å². The maximum absolute atomic E-state index is 11.8. The molecule has 1 aliphatic heterocycles. The van der Waals surface area contributed by atoms with Gasteiger partial charge in [0.15, 0.2) is 0 Å². The van der Waals surface area contributed by atoms with E-state index in [0.717, 1.165) is 19.3 Å². The molecule has 3 N–H and O–H groups in total.